The normalized spacial score (nSPS) is 11.3. The van der Waals surface area contributed by atoms with Gasteiger partial charge in [-0.25, -0.2) is 9.67 Å². The molecule has 27 heavy (non-hydrogen) atoms. The van der Waals surface area contributed by atoms with Crippen LogP contribution in [0.5, 0.6) is 17.4 Å². The average molecular weight is 365 g/mol. The molecule has 0 spiro atoms. The van der Waals surface area contributed by atoms with Crippen molar-refractivity contribution in [3.05, 3.63) is 65.9 Å². The lowest BCUT2D eigenvalue weighted by molar-refractivity contribution is 0.369. The SMILES string of the molecule is COc1c(CN=C(N)Nc2cccc(Oc3ccccc3)c2)c(C)nn1C. The minimum atomic E-state index is 0.303. The van der Waals surface area contributed by atoms with Gasteiger partial charge in [0.2, 0.25) is 5.88 Å². The fourth-order valence-electron chi connectivity index (χ4n) is 2.73. The largest absolute Gasteiger partial charge is 0.481 e. The van der Waals surface area contributed by atoms with Crippen molar-refractivity contribution in [2.45, 2.75) is 13.5 Å². The minimum Gasteiger partial charge on any atom is -0.481 e. The molecule has 3 aromatic rings. The number of nitrogens with two attached hydrogens (primary N) is 1. The summed E-state index contributed by atoms with van der Waals surface area (Å²) in [7, 11) is 3.45. The second-order valence-corrected chi connectivity index (χ2v) is 5.97. The molecule has 0 radical (unpaired) electrons. The van der Waals surface area contributed by atoms with Crippen molar-refractivity contribution in [2.24, 2.45) is 17.8 Å². The van der Waals surface area contributed by atoms with Crippen LogP contribution in [0.4, 0.5) is 5.69 Å². The molecule has 0 amide bonds. The Hall–Kier alpha value is -3.48. The van der Waals surface area contributed by atoms with Gasteiger partial charge >= 0.3 is 0 Å². The van der Waals surface area contributed by atoms with Crippen LogP contribution in [0.2, 0.25) is 0 Å². The number of anilines is 1. The molecule has 0 aliphatic heterocycles. The van der Waals surface area contributed by atoms with Crippen LogP contribution in [-0.4, -0.2) is 22.8 Å². The number of nitrogens with one attached hydrogen (secondary N) is 1. The smallest absolute Gasteiger partial charge is 0.216 e. The summed E-state index contributed by atoms with van der Waals surface area (Å²) in [4.78, 5) is 4.40. The van der Waals surface area contributed by atoms with Crippen LogP contribution >= 0.6 is 0 Å². The molecule has 1 aromatic heterocycles. The number of guanidine groups is 1. The van der Waals surface area contributed by atoms with Crippen LogP contribution in [0.1, 0.15) is 11.3 Å². The van der Waals surface area contributed by atoms with Gasteiger partial charge in [0.25, 0.3) is 0 Å². The fourth-order valence-corrected chi connectivity index (χ4v) is 2.73. The number of benzene rings is 2. The highest BCUT2D eigenvalue weighted by Crippen LogP contribution is 2.24. The van der Waals surface area contributed by atoms with E-state index in [0.29, 0.717) is 24.1 Å². The molecule has 0 atom stereocenters. The Morgan fingerprint density at radius 2 is 1.89 bits per heavy atom. The molecule has 3 rings (SSSR count). The van der Waals surface area contributed by atoms with E-state index in [1.807, 2.05) is 68.6 Å². The Kier molecular flexibility index (Phi) is 5.61. The zero-order chi connectivity index (χ0) is 19.2. The summed E-state index contributed by atoms with van der Waals surface area (Å²) in [6.07, 6.45) is 0. The van der Waals surface area contributed by atoms with Gasteiger partial charge in [-0.05, 0) is 31.2 Å². The van der Waals surface area contributed by atoms with Crippen molar-refractivity contribution in [1.29, 1.82) is 0 Å². The molecular weight excluding hydrogens is 342 g/mol. The number of hydrogen-bond acceptors (Lipinski definition) is 4. The predicted molar refractivity (Wildman–Crippen MR) is 106 cm³/mol. The van der Waals surface area contributed by atoms with E-state index in [9.17, 15) is 0 Å². The summed E-state index contributed by atoms with van der Waals surface area (Å²) >= 11 is 0. The maximum Gasteiger partial charge on any atom is 0.216 e. The molecule has 0 aliphatic carbocycles. The molecule has 1 heterocycles. The summed E-state index contributed by atoms with van der Waals surface area (Å²) in [6, 6.07) is 17.1. The minimum absolute atomic E-state index is 0.303. The van der Waals surface area contributed by atoms with Crippen LogP contribution in [0.15, 0.2) is 59.6 Å². The molecular formula is C20H23N5O2. The van der Waals surface area contributed by atoms with Crippen molar-refractivity contribution in [2.75, 3.05) is 12.4 Å². The van der Waals surface area contributed by atoms with E-state index in [1.54, 1.807) is 11.8 Å². The quantitative estimate of drug-likeness (QED) is 0.516. The van der Waals surface area contributed by atoms with Crippen molar-refractivity contribution in [1.82, 2.24) is 9.78 Å². The number of aliphatic imine (C=N–C) groups is 1. The third-order valence-electron chi connectivity index (χ3n) is 3.98. The molecule has 0 saturated carbocycles. The van der Waals surface area contributed by atoms with Gasteiger partial charge < -0.3 is 20.5 Å². The first-order valence-electron chi connectivity index (χ1n) is 8.53. The first-order chi connectivity index (χ1) is 13.1. The lowest BCUT2D eigenvalue weighted by atomic mass is 10.2. The molecule has 0 aliphatic rings. The van der Waals surface area contributed by atoms with Crippen LogP contribution < -0.4 is 20.5 Å². The van der Waals surface area contributed by atoms with Crippen molar-refractivity contribution < 1.29 is 9.47 Å². The Morgan fingerprint density at radius 3 is 2.63 bits per heavy atom. The molecule has 140 valence electrons. The predicted octanol–water partition coefficient (Wildman–Crippen LogP) is 3.46. The highest BCUT2D eigenvalue weighted by atomic mass is 16.5. The van der Waals surface area contributed by atoms with Gasteiger partial charge in [0.1, 0.15) is 11.5 Å². The van der Waals surface area contributed by atoms with E-state index in [0.717, 1.165) is 22.7 Å². The number of methoxy groups -OCH3 is 1. The van der Waals surface area contributed by atoms with Gasteiger partial charge in [-0.2, -0.15) is 5.10 Å². The van der Waals surface area contributed by atoms with E-state index < -0.39 is 0 Å². The number of ether oxygens (including phenoxy) is 2. The summed E-state index contributed by atoms with van der Waals surface area (Å²) < 4.78 is 12.9. The van der Waals surface area contributed by atoms with Crippen LogP contribution in [-0.2, 0) is 13.6 Å². The monoisotopic (exact) mass is 365 g/mol. The van der Waals surface area contributed by atoms with E-state index in [2.05, 4.69) is 15.4 Å². The number of nitrogens with zero attached hydrogens (tertiary/aromatic N) is 3. The van der Waals surface area contributed by atoms with Crippen molar-refractivity contribution in [3.63, 3.8) is 0 Å². The number of para-hydroxylation sites is 1. The highest BCUT2D eigenvalue weighted by Gasteiger charge is 2.13. The third-order valence-corrected chi connectivity index (χ3v) is 3.98. The Balaban J connectivity index is 1.68. The maximum atomic E-state index is 6.03. The van der Waals surface area contributed by atoms with Crippen LogP contribution in [0, 0.1) is 6.92 Å². The Morgan fingerprint density at radius 1 is 1.15 bits per heavy atom. The van der Waals surface area contributed by atoms with Gasteiger partial charge in [-0.15, -0.1) is 0 Å². The first-order valence-corrected chi connectivity index (χ1v) is 8.53. The summed E-state index contributed by atoms with van der Waals surface area (Å²) in [5, 5.41) is 7.42. The molecule has 0 bridgehead atoms. The topological polar surface area (TPSA) is 86.7 Å². The van der Waals surface area contributed by atoms with Crippen LogP contribution in [0.25, 0.3) is 0 Å². The third kappa shape index (κ3) is 4.58. The standard InChI is InChI=1S/C20H23N5O2/c1-14-18(19(26-3)25(2)24-14)13-22-20(21)23-15-8-7-11-17(12-15)27-16-9-5-4-6-10-16/h4-12H,13H2,1-3H3,(H3,21,22,23). The fraction of sp³-hybridized carbons (Fsp3) is 0.200. The van der Waals surface area contributed by atoms with Gasteiger partial charge in [0.05, 0.1) is 24.9 Å². The number of rotatable bonds is 6. The van der Waals surface area contributed by atoms with Crippen molar-refractivity contribution >= 4 is 11.6 Å². The van der Waals surface area contributed by atoms with Crippen LogP contribution in [0.3, 0.4) is 0 Å². The zero-order valence-electron chi connectivity index (χ0n) is 15.6. The maximum absolute atomic E-state index is 6.03. The van der Waals surface area contributed by atoms with E-state index >= 15 is 0 Å². The number of aromatic nitrogens is 2. The zero-order valence-corrected chi connectivity index (χ0v) is 15.6. The summed E-state index contributed by atoms with van der Waals surface area (Å²) in [5.74, 6) is 2.47. The summed E-state index contributed by atoms with van der Waals surface area (Å²) in [6.45, 7) is 2.29. The number of aryl methyl sites for hydroxylation is 2. The summed E-state index contributed by atoms with van der Waals surface area (Å²) in [5.41, 5.74) is 8.60. The van der Waals surface area contributed by atoms with Crippen molar-refractivity contribution in [3.8, 4) is 17.4 Å². The molecule has 2 aromatic carbocycles. The lowest BCUT2D eigenvalue weighted by Crippen LogP contribution is -2.22. The average Bonchev–Trinajstić information content (AvgIpc) is 2.93. The molecule has 7 nitrogen and oxygen atoms in total. The molecule has 7 heteroatoms. The second-order valence-electron chi connectivity index (χ2n) is 5.97. The lowest BCUT2D eigenvalue weighted by Gasteiger charge is -2.09. The molecule has 0 fully saturated rings. The Bertz CT molecular complexity index is 935. The van der Waals surface area contributed by atoms with E-state index in [-0.39, 0.29) is 0 Å². The van der Waals surface area contributed by atoms with Gasteiger partial charge in [-0.1, -0.05) is 24.3 Å². The number of hydrogen-bond donors (Lipinski definition) is 2. The molecule has 3 N–H and O–H groups in total. The van der Waals surface area contributed by atoms with E-state index in [1.165, 1.54) is 0 Å². The molecule has 0 unspecified atom stereocenters. The second kappa shape index (κ2) is 8.27. The van der Waals surface area contributed by atoms with Gasteiger partial charge in [0, 0.05) is 18.8 Å². The first kappa shape index (κ1) is 18.3. The van der Waals surface area contributed by atoms with E-state index in [4.69, 9.17) is 15.2 Å². The highest BCUT2D eigenvalue weighted by molar-refractivity contribution is 5.92. The molecule has 0 saturated heterocycles. The van der Waals surface area contributed by atoms with Gasteiger partial charge in [-0.3, -0.25) is 0 Å². The van der Waals surface area contributed by atoms with Gasteiger partial charge in [0.15, 0.2) is 5.96 Å². The Labute approximate surface area is 158 Å².